The number of carbonyl (C=O) groups is 2. The van der Waals surface area contributed by atoms with Crippen LogP contribution in [0, 0.1) is 0 Å². The van der Waals surface area contributed by atoms with Gasteiger partial charge >= 0.3 is 5.97 Å². The van der Waals surface area contributed by atoms with Gasteiger partial charge in [0.25, 0.3) is 5.91 Å². The molecule has 1 unspecified atom stereocenters. The first-order valence-corrected chi connectivity index (χ1v) is 13.6. The van der Waals surface area contributed by atoms with Gasteiger partial charge in [0.2, 0.25) is 0 Å². The van der Waals surface area contributed by atoms with Gasteiger partial charge in [-0.3, -0.25) is 9.69 Å². The van der Waals surface area contributed by atoms with Crippen molar-refractivity contribution in [1.29, 1.82) is 0 Å². The van der Waals surface area contributed by atoms with Crippen LogP contribution in [0.25, 0.3) is 6.08 Å². The number of thioether (sulfide) groups is 1. The molecule has 1 aliphatic rings. The monoisotopic (exact) mass is 567 g/mol. The summed E-state index contributed by atoms with van der Waals surface area (Å²) in [6, 6.07) is 20.9. The van der Waals surface area contributed by atoms with Crippen molar-refractivity contribution in [2.45, 2.75) is 26.0 Å². The Hall–Kier alpha value is -3.33. The van der Waals surface area contributed by atoms with Gasteiger partial charge in [0.1, 0.15) is 10.9 Å². The molecule has 6 nitrogen and oxygen atoms in total. The van der Waals surface area contributed by atoms with Gasteiger partial charge in [-0.2, -0.15) is 0 Å². The Kier molecular flexibility index (Phi) is 9.44. The van der Waals surface area contributed by atoms with E-state index in [9.17, 15) is 9.59 Å². The van der Waals surface area contributed by atoms with E-state index in [4.69, 9.17) is 38.0 Å². The minimum Gasteiger partial charge on any atom is -0.493 e. The van der Waals surface area contributed by atoms with Crippen molar-refractivity contribution in [3.05, 3.63) is 99.4 Å². The summed E-state index contributed by atoms with van der Waals surface area (Å²) in [5.41, 5.74) is 2.21. The van der Waals surface area contributed by atoms with Crippen LogP contribution in [-0.2, 0) is 20.9 Å². The predicted molar refractivity (Wildman–Crippen MR) is 154 cm³/mol. The number of methoxy groups -OCH3 is 1. The topological polar surface area (TPSA) is 65.1 Å². The second kappa shape index (κ2) is 13.0. The normalized spacial score (nSPS) is 15.0. The van der Waals surface area contributed by atoms with Crippen molar-refractivity contribution in [1.82, 2.24) is 4.90 Å². The maximum Gasteiger partial charge on any atom is 0.333 e. The molecule has 1 heterocycles. The molecule has 9 heteroatoms. The Morgan fingerprint density at radius 3 is 2.53 bits per heavy atom. The third-order valence-electron chi connectivity index (χ3n) is 5.70. The van der Waals surface area contributed by atoms with E-state index < -0.39 is 12.0 Å². The fourth-order valence-corrected chi connectivity index (χ4v) is 5.33. The first-order chi connectivity index (χ1) is 18.4. The van der Waals surface area contributed by atoms with Crippen molar-refractivity contribution >= 4 is 57.9 Å². The largest absolute Gasteiger partial charge is 0.493 e. The highest BCUT2D eigenvalue weighted by atomic mass is 35.5. The van der Waals surface area contributed by atoms with Crippen molar-refractivity contribution < 1.29 is 23.8 Å². The summed E-state index contributed by atoms with van der Waals surface area (Å²) in [5, 5.41) is 0.623. The molecule has 0 aliphatic carbocycles. The lowest BCUT2D eigenvalue weighted by Gasteiger charge is -2.25. The molecular formula is C29H26ClNO5S2. The summed E-state index contributed by atoms with van der Waals surface area (Å²) in [6.07, 6.45) is 2.39. The molecule has 4 rings (SSSR count). The number of hydrogen-bond acceptors (Lipinski definition) is 7. The van der Waals surface area contributed by atoms with Gasteiger partial charge in [-0.1, -0.05) is 97.1 Å². The second-order valence-electron chi connectivity index (χ2n) is 8.32. The van der Waals surface area contributed by atoms with E-state index in [-0.39, 0.29) is 23.4 Å². The Morgan fingerprint density at radius 1 is 1.08 bits per heavy atom. The molecule has 1 atom stereocenters. The third-order valence-corrected chi connectivity index (χ3v) is 7.39. The molecule has 1 saturated heterocycles. The Labute approximate surface area is 236 Å². The lowest BCUT2D eigenvalue weighted by atomic mass is 10.1. The third kappa shape index (κ3) is 6.38. The van der Waals surface area contributed by atoms with Crippen molar-refractivity contribution in [2.24, 2.45) is 0 Å². The van der Waals surface area contributed by atoms with E-state index in [1.54, 1.807) is 37.5 Å². The fraction of sp³-hybridized carbons (Fsp3) is 0.207. The average Bonchev–Trinajstić information content (AvgIpc) is 3.20. The number of amides is 1. The molecular weight excluding hydrogens is 542 g/mol. The first-order valence-electron chi connectivity index (χ1n) is 12.0. The van der Waals surface area contributed by atoms with Crippen molar-refractivity contribution in [2.75, 3.05) is 13.7 Å². The maximum atomic E-state index is 13.5. The summed E-state index contributed by atoms with van der Waals surface area (Å²) in [5.74, 6) is 0.170. The first kappa shape index (κ1) is 27.7. The van der Waals surface area contributed by atoms with Gasteiger partial charge in [-0.05, 0) is 41.8 Å². The SMILES string of the molecule is CCCOC(=O)C(c1ccccc1)N1C(=O)/C(=C/c2ccc(OCc3ccccc3Cl)c(OC)c2)SC1=S. The highest BCUT2D eigenvalue weighted by Crippen LogP contribution is 2.39. The molecule has 1 aliphatic heterocycles. The molecule has 196 valence electrons. The number of halogens is 1. The lowest BCUT2D eigenvalue weighted by molar-refractivity contribution is -0.151. The molecule has 1 amide bonds. The highest BCUT2D eigenvalue weighted by molar-refractivity contribution is 8.26. The van der Waals surface area contributed by atoms with Gasteiger partial charge < -0.3 is 14.2 Å². The molecule has 0 aromatic heterocycles. The molecule has 3 aromatic rings. The number of rotatable bonds is 10. The van der Waals surface area contributed by atoms with Crippen LogP contribution in [0.1, 0.15) is 36.1 Å². The number of ether oxygens (including phenoxy) is 3. The smallest absolute Gasteiger partial charge is 0.333 e. The van der Waals surface area contributed by atoms with Crippen molar-refractivity contribution in [3.8, 4) is 11.5 Å². The maximum absolute atomic E-state index is 13.5. The quantitative estimate of drug-likeness (QED) is 0.151. The summed E-state index contributed by atoms with van der Waals surface area (Å²) >= 11 is 12.9. The molecule has 0 N–H and O–H groups in total. The van der Waals surface area contributed by atoms with Crippen LogP contribution < -0.4 is 9.47 Å². The summed E-state index contributed by atoms with van der Waals surface area (Å²) in [4.78, 5) is 28.2. The van der Waals surface area contributed by atoms with Crippen molar-refractivity contribution in [3.63, 3.8) is 0 Å². The number of benzene rings is 3. The zero-order chi connectivity index (χ0) is 27.1. The molecule has 38 heavy (non-hydrogen) atoms. The van der Waals surface area contributed by atoms with Gasteiger partial charge in [0, 0.05) is 10.6 Å². The summed E-state index contributed by atoms with van der Waals surface area (Å²) in [6.45, 7) is 2.45. The Bertz CT molecular complexity index is 1360. The molecule has 0 bridgehead atoms. The predicted octanol–water partition coefficient (Wildman–Crippen LogP) is 6.82. The number of thiocarbonyl (C=S) groups is 1. The minimum atomic E-state index is -0.962. The van der Waals surface area contributed by atoms with E-state index in [0.717, 1.165) is 22.9 Å². The molecule has 3 aromatic carbocycles. The van der Waals surface area contributed by atoms with E-state index in [2.05, 4.69) is 0 Å². The van der Waals surface area contributed by atoms with E-state index in [1.165, 1.54) is 4.90 Å². The van der Waals surface area contributed by atoms with Gasteiger partial charge in [0.15, 0.2) is 17.5 Å². The average molecular weight is 568 g/mol. The molecule has 0 radical (unpaired) electrons. The van der Waals surface area contributed by atoms with Crippen LogP contribution in [0.5, 0.6) is 11.5 Å². The zero-order valence-corrected chi connectivity index (χ0v) is 23.3. The van der Waals surface area contributed by atoms with Crippen LogP contribution in [0.3, 0.4) is 0 Å². The molecule has 0 saturated carbocycles. The van der Waals surface area contributed by atoms with Crippen LogP contribution >= 0.6 is 35.6 Å². The number of carbonyl (C=O) groups excluding carboxylic acids is 2. The van der Waals surface area contributed by atoms with E-state index in [1.807, 2.05) is 55.5 Å². The van der Waals surface area contributed by atoms with Gasteiger partial charge in [-0.25, -0.2) is 4.79 Å². The minimum absolute atomic E-state index is 0.261. The van der Waals surface area contributed by atoms with Gasteiger partial charge in [0.05, 0.1) is 18.6 Å². The number of esters is 1. The number of hydrogen-bond donors (Lipinski definition) is 0. The number of nitrogens with zero attached hydrogens (tertiary/aromatic N) is 1. The lowest BCUT2D eigenvalue weighted by Crippen LogP contribution is -2.38. The second-order valence-corrected chi connectivity index (χ2v) is 10.4. The van der Waals surface area contributed by atoms with E-state index in [0.29, 0.717) is 33.4 Å². The Morgan fingerprint density at radius 2 is 1.82 bits per heavy atom. The van der Waals surface area contributed by atoms with E-state index >= 15 is 0 Å². The fourth-order valence-electron chi connectivity index (χ4n) is 3.83. The van der Waals surface area contributed by atoms with Crippen LogP contribution in [0.4, 0.5) is 0 Å². The van der Waals surface area contributed by atoms with Crippen LogP contribution in [0.15, 0.2) is 77.7 Å². The summed E-state index contributed by atoms with van der Waals surface area (Å²) in [7, 11) is 1.55. The standard InChI is InChI=1S/C29H26ClNO5S2/c1-3-15-35-28(33)26(20-9-5-4-6-10-20)31-27(32)25(38-29(31)37)17-19-13-14-23(24(16-19)34-2)36-18-21-11-7-8-12-22(21)30/h4-14,16-17,26H,3,15,18H2,1-2H3/b25-17-. The summed E-state index contributed by atoms with van der Waals surface area (Å²) < 4.78 is 17.2. The zero-order valence-electron chi connectivity index (χ0n) is 20.9. The molecule has 0 spiro atoms. The molecule has 1 fully saturated rings. The Balaban J connectivity index is 1.57. The highest BCUT2D eigenvalue weighted by Gasteiger charge is 2.42. The van der Waals surface area contributed by atoms with Crippen LogP contribution in [-0.4, -0.2) is 34.8 Å². The van der Waals surface area contributed by atoms with Gasteiger partial charge in [-0.15, -0.1) is 0 Å². The van der Waals surface area contributed by atoms with Crippen LogP contribution in [0.2, 0.25) is 5.02 Å².